The molecule has 3 nitrogen and oxygen atoms in total. The average Bonchev–Trinajstić information content (AvgIpc) is 2.53. The summed E-state index contributed by atoms with van der Waals surface area (Å²) in [7, 11) is 0. The monoisotopic (exact) mass is 331 g/mol. The first-order valence-electron chi connectivity index (χ1n) is 7.98. The topological polar surface area (TPSA) is 30.5 Å². The zero-order chi connectivity index (χ0) is 16.2. The first kappa shape index (κ1) is 16.2. The lowest BCUT2D eigenvalue weighted by atomic mass is 10.1. The summed E-state index contributed by atoms with van der Waals surface area (Å²) in [5.41, 5.74) is 2.51. The van der Waals surface area contributed by atoms with Crippen molar-refractivity contribution in [2.24, 2.45) is 0 Å². The molecule has 2 aromatic carbocycles. The summed E-state index contributed by atoms with van der Waals surface area (Å²) in [5, 5.41) is 4.05. The summed E-state index contributed by atoms with van der Waals surface area (Å²) in [4.78, 5) is 0. The van der Waals surface area contributed by atoms with E-state index in [-0.39, 0.29) is 12.2 Å². The van der Waals surface area contributed by atoms with E-state index in [1.165, 1.54) is 11.1 Å². The molecule has 0 bridgehead atoms. The number of hydrogen-bond acceptors (Lipinski definition) is 3. The van der Waals surface area contributed by atoms with Crippen LogP contribution in [0.15, 0.2) is 42.5 Å². The molecule has 0 saturated carbocycles. The third-order valence-corrected chi connectivity index (χ3v) is 4.45. The zero-order valence-electron chi connectivity index (χ0n) is 13.5. The number of benzene rings is 2. The van der Waals surface area contributed by atoms with Crippen LogP contribution < -0.4 is 14.8 Å². The minimum absolute atomic E-state index is 0.0253. The number of ether oxygens (including phenoxy) is 2. The first-order valence-corrected chi connectivity index (χ1v) is 8.36. The predicted octanol–water partition coefficient (Wildman–Crippen LogP) is 4.15. The fourth-order valence-corrected chi connectivity index (χ4v) is 2.92. The number of hydrogen-bond donors (Lipinski definition) is 1. The molecule has 0 amide bonds. The quantitative estimate of drug-likeness (QED) is 0.913. The molecule has 0 aliphatic carbocycles. The lowest BCUT2D eigenvalue weighted by molar-refractivity contribution is 0.0324. The van der Waals surface area contributed by atoms with Crippen molar-refractivity contribution < 1.29 is 9.47 Å². The molecule has 0 radical (unpaired) electrons. The molecule has 1 heterocycles. The summed E-state index contributed by atoms with van der Waals surface area (Å²) in [6, 6.07) is 13.7. The molecule has 0 spiro atoms. The van der Waals surface area contributed by atoms with Crippen LogP contribution in [0, 0.1) is 13.8 Å². The van der Waals surface area contributed by atoms with E-state index in [1.807, 2.05) is 30.3 Å². The Balaban J connectivity index is 1.72. The minimum atomic E-state index is -0.0381. The third kappa shape index (κ3) is 4.18. The van der Waals surface area contributed by atoms with E-state index in [0.717, 1.165) is 31.0 Å². The van der Waals surface area contributed by atoms with Crippen molar-refractivity contribution in [1.82, 2.24) is 5.32 Å². The lowest BCUT2D eigenvalue weighted by Gasteiger charge is -2.32. The number of aryl methyl sites for hydroxylation is 2. The smallest absolute Gasteiger partial charge is 0.148 e. The highest BCUT2D eigenvalue weighted by atomic mass is 35.5. The van der Waals surface area contributed by atoms with E-state index < -0.39 is 0 Å². The van der Waals surface area contributed by atoms with E-state index in [9.17, 15) is 0 Å². The Kier molecular flexibility index (Phi) is 5.09. The SMILES string of the molecule is Cc1ccc(O[C@@H]2CCNC[C@H]2Oc2cccc(Cl)c2)cc1C. The molecular weight excluding hydrogens is 310 g/mol. The van der Waals surface area contributed by atoms with Crippen LogP contribution >= 0.6 is 11.6 Å². The van der Waals surface area contributed by atoms with E-state index in [1.54, 1.807) is 0 Å². The Morgan fingerprint density at radius 2 is 1.74 bits per heavy atom. The van der Waals surface area contributed by atoms with Crippen LogP contribution in [-0.4, -0.2) is 25.3 Å². The van der Waals surface area contributed by atoms with E-state index in [2.05, 4.69) is 31.3 Å². The number of piperidine rings is 1. The fourth-order valence-electron chi connectivity index (χ4n) is 2.74. The van der Waals surface area contributed by atoms with Gasteiger partial charge in [0.1, 0.15) is 23.7 Å². The Hall–Kier alpha value is -1.71. The van der Waals surface area contributed by atoms with E-state index in [0.29, 0.717) is 5.02 Å². The van der Waals surface area contributed by atoms with Crippen molar-refractivity contribution >= 4 is 11.6 Å². The first-order chi connectivity index (χ1) is 11.1. The minimum Gasteiger partial charge on any atom is -0.486 e. The molecule has 1 N–H and O–H groups in total. The van der Waals surface area contributed by atoms with Crippen LogP contribution in [0.25, 0.3) is 0 Å². The van der Waals surface area contributed by atoms with Crippen molar-refractivity contribution in [3.63, 3.8) is 0 Å². The molecular formula is C19H22ClNO2. The van der Waals surface area contributed by atoms with Crippen molar-refractivity contribution in [2.45, 2.75) is 32.5 Å². The number of rotatable bonds is 4. The van der Waals surface area contributed by atoms with Gasteiger partial charge in [0.05, 0.1) is 0 Å². The van der Waals surface area contributed by atoms with Crippen LogP contribution in [0.4, 0.5) is 0 Å². The van der Waals surface area contributed by atoms with Gasteiger partial charge in [-0.2, -0.15) is 0 Å². The maximum absolute atomic E-state index is 6.21. The Bertz CT molecular complexity index is 674. The van der Waals surface area contributed by atoms with Crippen LogP contribution in [0.5, 0.6) is 11.5 Å². The molecule has 3 rings (SSSR count). The van der Waals surface area contributed by atoms with Gasteiger partial charge < -0.3 is 14.8 Å². The molecule has 1 saturated heterocycles. The Morgan fingerprint density at radius 1 is 0.957 bits per heavy atom. The van der Waals surface area contributed by atoms with Gasteiger partial charge in [-0.15, -0.1) is 0 Å². The third-order valence-electron chi connectivity index (χ3n) is 4.22. The highest BCUT2D eigenvalue weighted by molar-refractivity contribution is 6.30. The van der Waals surface area contributed by atoms with Crippen molar-refractivity contribution in [1.29, 1.82) is 0 Å². The second kappa shape index (κ2) is 7.24. The summed E-state index contributed by atoms with van der Waals surface area (Å²) < 4.78 is 12.3. The van der Waals surface area contributed by atoms with Gasteiger partial charge in [0.2, 0.25) is 0 Å². The molecule has 1 fully saturated rings. The Labute approximate surface area is 142 Å². The van der Waals surface area contributed by atoms with Gasteiger partial charge in [-0.1, -0.05) is 23.7 Å². The maximum atomic E-state index is 6.21. The molecule has 0 unspecified atom stereocenters. The van der Waals surface area contributed by atoms with Crippen molar-refractivity contribution in [3.8, 4) is 11.5 Å². The van der Waals surface area contributed by atoms with Crippen LogP contribution in [0.1, 0.15) is 17.5 Å². The summed E-state index contributed by atoms with van der Waals surface area (Å²) >= 11 is 6.03. The lowest BCUT2D eigenvalue weighted by Crippen LogP contribution is -2.49. The van der Waals surface area contributed by atoms with E-state index >= 15 is 0 Å². The van der Waals surface area contributed by atoms with Crippen molar-refractivity contribution in [3.05, 3.63) is 58.6 Å². The van der Waals surface area contributed by atoms with Gasteiger partial charge in [0, 0.05) is 18.0 Å². The maximum Gasteiger partial charge on any atom is 0.148 e. The normalized spacial score (nSPS) is 21.0. The van der Waals surface area contributed by atoms with Crippen LogP contribution in [0.3, 0.4) is 0 Å². The highest BCUT2D eigenvalue weighted by Gasteiger charge is 2.28. The van der Waals surface area contributed by atoms with Crippen molar-refractivity contribution in [2.75, 3.05) is 13.1 Å². The molecule has 2 atom stereocenters. The highest BCUT2D eigenvalue weighted by Crippen LogP contribution is 2.24. The largest absolute Gasteiger partial charge is 0.486 e. The molecule has 122 valence electrons. The predicted molar refractivity (Wildman–Crippen MR) is 93.7 cm³/mol. The average molecular weight is 332 g/mol. The standard InChI is InChI=1S/C19H22ClNO2/c1-13-6-7-17(10-14(13)2)22-18-8-9-21-12-19(18)23-16-5-3-4-15(20)11-16/h3-7,10-11,18-19,21H,8-9,12H2,1-2H3/t18-,19-/m1/s1. The van der Waals surface area contributed by atoms with E-state index in [4.69, 9.17) is 21.1 Å². The molecule has 1 aliphatic heterocycles. The summed E-state index contributed by atoms with van der Waals surface area (Å²) in [6.07, 6.45) is 0.902. The number of nitrogens with one attached hydrogen (secondary N) is 1. The van der Waals surface area contributed by atoms with Crippen LogP contribution in [-0.2, 0) is 0 Å². The van der Waals surface area contributed by atoms with Gasteiger partial charge in [-0.25, -0.2) is 0 Å². The van der Waals surface area contributed by atoms with Gasteiger partial charge in [0.25, 0.3) is 0 Å². The van der Waals surface area contributed by atoms with Gasteiger partial charge in [0.15, 0.2) is 0 Å². The second-order valence-electron chi connectivity index (χ2n) is 6.01. The Morgan fingerprint density at radius 3 is 2.52 bits per heavy atom. The van der Waals surface area contributed by atoms with Gasteiger partial charge in [-0.05, 0) is 61.9 Å². The zero-order valence-corrected chi connectivity index (χ0v) is 14.3. The number of halogens is 1. The molecule has 4 heteroatoms. The summed E-state index contributed by atoms with van der Waals surface area (Å²) in [6.45, 7) is 5.91. The van der Waals surface area contributed by atoms with Gasteiger partial charge >= 0.3 is 0 Å². The summed E-state index contributed by atoms with van der Waals surface area (Å²) in [5.74, 6) is 1.68. The molecule has 1 aliphatic rings. The molecule has 23 heavy (non-hydrogen) atoms. The van der Waals surface area contributed by atoms with Crippen LogP contribution in [0.2, 0.25) is 5.02 Å². The second-order valence-corrected chi connectivity index (χ2v) is 6.45. The molecule has 2 aromatic rings. The molecule has 0 aromatic heterocycles. The van der Waals surface area contributed by atoms with Gasteiger partial charge in [-0.3, -0.25) is 0 Å². The fraction of sp³-hybridized carbons (Fsp3) is 0.368.